The number of amides is 1. The lowest BCUT2D eigenvalue weighted by Gasteiger charge is -2.11. The molecule has 5 heteroatoms. The van der Waals surface area contributed by atoms with Crippen molar-refractivity contribution in [2.75, 3.05) is 11.1 Å². The molecule has 3 N–H and O–H groups in total. The van der Waals surface area contributed by atoms with Crippen molar-refractivity contribution >= 4 is 28.1 Å². The van der Waals surface area contributed by atoms with E-state index in [0.29, 0.717) is 16.7 Å². The molecule has 0 aliphatic heterocycles. The van der Waals surface area contributed by atoms with Crippen LogP contribution in [0.4, 0.5) is 10.8 Å². The Labute approximate surface area is 123 Å². The third-order valence-corrected chi connectivity index (χ3v) is 4.37. The summed E-state index contributed by atoms with van der Waals surface area (Å²) < 4.78 is 0. The molecule has 1 heterocycles. The third kappa shape index (κ3) is 3.36. The Morgan fingerprint density at radius 1 is 1.25 bits per heavy atom. The van der Waals surface area contributed by atoms with E-state index in [4.69, 9.17) is 5.73 Å². The van der Waals surface area contributed by atoms with E-state index >= 15 is 0 Å². The van der Waals surface area contributed by atoms with Gasteiger partial charge in [-0.1, -0.05) is 26.0 Å². The van der Waals surface area contributed by atoms with Crippen molar-refractivity contribution in [3.05, 3.63) is 40.9 Å². The molecule has 0 unspecified atom stereocenters. The Morgan fingerprint density at radius 3 is 2.45 bits per heavy atom. The van der Waals surface area contributed by atoms with Crippen LogP contribution in [0.25, 0.3) is 0 Å². The van der Waals surface area contributed by atoms with Crippen LogP contribution < -0.4 is 11.1 Å². The maximum atomic E-state index is 12.2. The molecule has 0 aliphatic rings. The SMILES string of the molecule is CC(C)c1cnc(NC(=O)[C@H](C)c2ccc(N)cc2)s1. The van der Waals surface area contributed by atoms with Gasteiger partial charge < -0.3 is 11.1 Å². The minimum absolute atomic E-state index is 0.0561. The molecule has 0 spiro atoms. The summed E-state index contributed by atoms with van der Waals surface area (Å²) in [5, 5.41) is 3.52. The third-order valence-electron chi connectivity index (χ3n) is 3.15. The van der Waals surface area contributed by atoms with Gasteiger partial charge in [-0.15, -0.1) is 11.3 Å². The van der Waals surface area contributed by atoms with Crippen molar-refractivity contribution in [2.45, 2.75) is 32.6 Å². The second-order valence-electron chi connectivity index (χ2n) is 5.10. The number of thiazole rings is 1. The molecule has 0 saturated heterocycles. The van der Waals surface area contributed by atoms with Crippen molar-refractivity contribution in [1.29, 1.82) is 0 Å². The quantitative estimate of drug-likeness (QED) is 0.845. The van der Waals surface area contributed by atoms with Gasteiger partial charge in [-0.05, 0) is 30.5 Å². The molecule has 0 fully saturated rings. The predicted molar refractivity (Wildman–Crippen MR) is 84.1 cm³/mol. The lowest BCUT2D eigenvalue weighted by atomic mass is 10.0. The second kappa shape index (κ2) is 6.05. The summed E-state index contributed by atoms with van der Waals surface area (Å²) in [5.41, 5.74) is 7.29. The number of nitrogens with zero attached hydrogens (tertiary/aromatic N) is 1. The van der Waals surface area contributed by atoms with E-state index in [2.05, 4.69) is 24.1 Å². The fourth-order valence-electron chi connectivity index (χ4n) is 1.76. The number of rotatable bonds is 4. The number of hydrogen-bond donors (Lipinski definition) is 2. The number of anilines is 2. The number of carbonyl (C=O) groups excluding carboxylic acids is 1. The highest BCUT2D eigenvalue weighted by Gasteiger charge is 2.17. The van der Waals surface area contributed by atoms with Gasteiger partial charge in [-0.25, -0.2) is 4.98 Å². The molecule has 1 aromatic heterocycles. The van der Waals surface area contributed by atoms with Crippen LogP contribution in [0.15, 0.2) is 30.5 Å². The first kappa shape index (κ1) is 14.5. The number of benzene rings is 1. The predicted octanol–water partition coefficient (Wildman–Crippen LogP) is 3.59. The van der Waals surface area contributed by atoms with Gasteiger partial charge in [0, 0.05) is 16.8 Å². The van der Waals surface area contributed by atoms with E-state index in [-0.39, 0.29) is 11.8 Å². The molecule has 20 heavy (non-hydrogen) atoms. The summed E-state index contributed by atoms with van der Waals surface area (Å²) >= 11 is 1.52. The number of hydrogen-bond acceptors (Lipinski definition) is 4. The van der Waals surface area contributed by atoms with Crippen molar-refractivity contribution in [3.63, 3.8) is 0 Å². The molecule has 1 atom stereocenters. The first-order chi connectivity index (χ1) is 9.47. The fourth-order valence-corrected chi connectivity index (χ4v) is 2.58. The highest BCUT2D eigenvalue weighted by molar-refractivity contribution is 7.15. The molecule has 1 aromatic carbocycles. The van der Waals surface area contributed by atoms with Crippen molar-refractivity contribution in [2.24, 2.45) is 0 Å². The highest BCUT2D eigenvalue weighted by Crippen LogP contribution is 2.26. The van der Waals surface area contributed by atoms with Crippen molar-refractivity contribution < 1.29 is 4.79 Å². The summed E-state index contributed by atoms with van der Waals surface area (Å²) in [5.74, 6) is 0.133. The standard InChI is InChI=1S/C15H19N3OS/c1-9(2)13-8-17-15(20-13)18-14(19)10(3)11-4-6-12(16)7-5-11/h4-10H,16H2,1-3H3,(H,17,18,19)/t10-/m1/s1. The molecule has 0 radical (unpaired) electrons. The molecular weight excluding hydrogens is 270 g/mol. The molecule has 4 nitrogen and oxygen atoms in total. The average Bonchev–Trinajstić information content (AvgIpc) is 2.87. The van der Waals surface area contributed by atoms with E-state index in [1.807, 2.05) is 25.3 Å². The first-order valence-electron chi connectivity index (χ1n) is 6.59. The molecular formula is C15H19N3OS. The van der Waals surface area contributed by atoms with E-state index < -0.39 is 0 Å². The zero-order valence-corrected chi connectivity index (χ0v) is 12.7. The number of aromatic nitrogens is 1. The minimum Gasteiger partial charge on any atom is -0.399 e. The largest absolute Gasteiger partial charge is 0.399 e. The van der Waals surface area contributed by atoms with Gasteiger partial charge in [-0.2, -0.15) is 0 Å². The Bertz CT molecular complexity index is 589. The molecule has 0 aliphatic carbocycles. The first-order valence-corrected chi connectivity index (χ1v) is 7.41. The number of nitrogens with two attached hydrogens (primary N) is 1. The van der Waals surface area contributed by atoms with Crippen LogP contribution in [-0.2, 0) is 4.79 Å². The maximum Gasteiger partial charge on any atom is 0.233 e. The minimum atomic E-state index is -0.234. The molecule has 0 bridgehead atoms. The molecule has 2 rings (SSSR count). The Hall–Kier alpha value is -1.88. The molecule has 106 valence electrons. The fraction of sp³-hybridized carbons (Fsp3) is 0.333. The zero-order valence-electron chi connectivity index (χ0n) is 11.9. The summed E-state index contributed by atoms with van der Waals surface area (Å²) in [4.78, 5) is 17.6. The summed E-state index contributed by atoms with van der Waals surface area (Å²) in [6, 6.07) is 7.36. The van der Waals surface area contributed by atoms with Gasteiger partial charge in [0.25, 0.3) is 0 Å². The maximum absolute atomic E-state index is 12.2. The Morgan fingerprint density at radius 2 is 1.90 bits per heavy atom. The van der Waals surface area contributed by atoms with Crippen LogP contribution in [0.1, 0.15) is 43.0 Å². The van der Waals surface area contributed by atoms with Crippen LogP contribution in [0, 0.1) is 0 Å². The van der Waals surface area contributed by atoms with Gasteiger partial charge in [0.05, 0.1) is 5.92 Å². The lowest BCUT2D eigenvalue weighted by Crippen LogP contribution is -2.18. The number of nitrogens with one attached hydrogen (secondary N) is 1. The van der Waals surface area contributed by atoms with E-state index in [0.717, 1.165) is 5.56 Å². The Balaban J connectivity index is 2.05. The normalized spacial score (nSPS) is 12.4. The molecule has 1 amide bonds. The Kier molecular flexibility index (Phi) is 4.39. The lowest BCUT2D eigenvalue weighted by molar-refractivity contribution is -0.117. The van der Waals surface area contributed by atoms with Crippen molar-refractivity contribution in [3.8, 4) is 0 Å². The highest BCUT2D eigenvalue weighted by atomic mass is 32.1. The van der Waals surface area contributed by atoms with E-state index in [1.165, 1.54) is 16.2 Å². The van der Waals surface area contributed by atoms with Crippen LogP contribution >= 0.6 is 11.3 Å². The van der Waals surface area contributed by atoms with Crippen molar-refractivity contribution in [1.82, 2.24) is 4.98 Å². The topological polar surface area (TPSA) is 68.0 Å². The van der Waals surface area contributed by atoms with Crippen LogP contribution in [0.3, 0.4) is 0 Å². The summed E-state index contributed by atoms with van der Waals surface area (Å²) in [6.07, 6.45) is 1.82. The monoisotopic (exact) mass is 289 g/mol. The molecule has 2 aromatic rings. The van der Waals surface area contributed by atoms with Crippen LogP contribution in [0.5, 0.6) is 0 Å². The smallest absolute Gasteiger partial charge is 0.233 e. The summed E-state index contributed by atoms with van der Waals surface area (Å²) in [7, 11) is 0. The van der Waals surface area contributed by atoms with Gasteiger partial charge in [0.15, 0.2) is 5.13 Å². The number of carbonyl (C=O) groups is 1. The zero-order chi connectivity index (χ0) is 14.7. The van der Waals surface area contributed by atoms with E-state index in [1.54, 1.807) is 12.1 Å². The number of nitrogen functional groups attached to an aromatic ring is 1. The van der Waals surface area contributed by atoms with Gasteiger partial charge in [-0.3, -0.25) is 4.79 Å². The van der Waals surface area contributed by atoms with E-state index in [9.17, 15) is 4.79 Å². The summed E-state index contributed by atoms with van der Waals surface area (Å²) in [6.45, 7) is 6.09. The average molecular weight is 289 g/mol. The van der Waals surface area contributed by atoms with Gasteiger partial charge in [0.2, 0.25) is 5.91 Å². The molecule has 0 saturated carbocycles. The van der Waals surface area contributed by atoms with Gasteiger partial charge in [0.1, 0.15) is 0 Å². The second-order valence-corrected chi connectivity index (χ2v) is 6.16. The van der Waals surface area contributed by atoms with Crippen LogP contribution in [-0.4, -0.2) is 10.9 Å². The van der Waals surface area contributed by atoms with Gasteiger partial charge >= 0.3 is 0 Å². The van der Waals surface area contributed by atoms with Crippen LogP contribution in [0.2, 0.25) is 0 Å².